The third-order valence-corrected chi connectivity index (χ3v) is 5.59. The second-order valence-electron chi connectivity index (χ2n) is 4.92. The molecule has 4 aromatic heterocycles. The molecular weight excluding hydrogens is 426 g/mol. The molecule has 7 nitrogen and oxygen atoms in total. The van der Waals surface area contributed by atoms with E-state index in [1.165, 1.54) is 11.8 Å². The summed E-state index contributed by atoms with van der Waals surface area (Å²) in [5, 5.41) is 19.5. The van der Waals surface area contributed by atoms with Crippen molar-refractivity contribution in [2.75, 3.05) is 0 Å². The van der Waals surface area contributed by atoms with Crippen LogP contribution in [-0.2, 0) is 12.3 Å². The van der Waals surface area contributed by atoms with Crippen molar-refractivity contribution in [1.29, 1.82) is 0 Å². The molecule has 0 saturated carbocycles. The molecule has 0 radical (unpaired) electrons. The number of halogens is 1. The summed E-state index contributed by atoms with van der Waals surface area (Å²) in [4.78, 5) is 1.10. The van der Waals surface area contributed by atoms with Crippen molar-refractivity contribution >= 4 is 39.0 Å². The van der Waals surface area contributed by atoms with Gasteiger partial charge in [0.05, 0.1) is 10.6 Å². The molecule has 0 aliphatic heterocycles. The minimum absolute atomic E-state index is 0.359. The molecule has 0 saturated heterocycles. The highest BCUT2D eigenvalue weighted by Crippen LogP contribution is 2.29. The zero-order valence-corrected chi connectivity index (χ0v) is 16.3. The molecule has 0 aliphatic carbocycles. The monoisotopic (exact) mass is 437 g/mol. The first-order valence-corrected chi connectivity index (χ1v) is 10.1. The average Bonchev–Trinajstić information content (AvgIpc) is 3.38. The van der Waals surface area contributed by atoms with Crippen LogP contribution in [0, 0.1) is 0 Å². The van der Waals surface area contributed by atoms with Crippen molar-refractivity contribution in [3.05, 3.63) is 40.2 Å². The van der Waals surface area contributed by atoms with Crippen LogP contribution < -0.4 is 0 Å². The molecule has 0 unspecified atom stereocenters. The summed E-state index contributed by atoms with van der Waals surface area (Å²) < 4.78 is 13.8. The van der Waals surface area contributed by atoms with Crippen molar-refractivity contribution in [1.82, 2.24) is 25.0 Å². The third kappa shape index (κ3) is 3.42. The molecule has 0 spiro atoms. The minimum atomic E-state index is 0.359. The van der Waals surface area contributed by atoms with Crippen LogP contribution in [-0.4, -0.2) is 25.0 Å². The lowest BCUT2D eigenvalue weighted by Gasteiger charge is -2.04. The Bertz CT molecular complexity index is 976. The second-order valence-corrected chi connectivity index (χ2v) is 7.59. The highest BCUT2D eigenvalue weighted by atomic mass is 79.9. The van der Waals surface area contributed by atoms with Crippen LogP contribution >= 0.6 is 39.0 Å². The molecule has 128 valence electrons. The fourth-order valence-corrected chi connectivity index (χ4v) is 4.10. The van der Waals surface area contributed by atoms with Crippen LogP contribution in [0.3, 0.4) is 0 Å². The molecular formula is C15H12BrN5O2S2. The molecule has 0 amide bonds. The number of thioether (sulfide) groups is 1. The molecule has 0 aromatic carbocycles. The second kappa shape index (κ2) is 7.14. The van der Waals surface area contributed by atoms with Crippen molar-refractivity contribution in [3.63, 3.8) is 0 Å². The van der Waals surface area contributed by atoms with E-state index in [2.05, 4.69) is 47.8 Å². The summed E-state index contributed by atoms with van der Waals surface area (Å²) in [5.74, 6) is 2.80. The van der Waals surface area contributed by atoms with Gasteiger partial charge in [-0.3, -0.25) is 0 Å². The number of furan rings is 1. The molecule has 0 fully saturated rings. The normalized spacial score (nSPS) is 11.3. The van der Waals surface area contributed by atoms with Crippen LogP contribution in [0.25, 0.3) is 22.4 Å². The summed E-state index contributed by atoms with van der Waals surface area (Å²) in [6.07, 6.45) is 0. The molecule has 0 N–H and O–H groups in total. The topological polar surface area (TPSA) is 82.8 Å². The van der Waals surface area contributed by atoms with E-state index in [4.69, 9.17) is 8.83 Å². The van der Waals surface area contributed by atoms with Gasteiger partial charge < -0.3 is 13.4 Å². The van der Waals surface area contributed by atoms with Gasteiger partial charge in [-0.2, -0.15) is 0 Å². The first kappa shape index (κ1) is 16.6. The van der Waals surface area contributed by atoms with Gasteiger partial charge in [-0.1, -0.05) is 17.8 Å². The molecule has 0 bridgehead atoms. The van der Waals surface area contributed by atoms with E-state index in [9.17, 15) is 0 Å². The highest BCUT2D eigenvalue weighted by Gasteiger charge is 2.16. The Hall–Kier alpha value is -1.91. The van der Waals surface area contributed by atoms with Crippen LogP contribution in [0.15, 0.2) is 48.3 Å². The number of thiophene rings is 1. The predicted molar refractivity (Wildman–Crippen MR) is 98.3 cm³/mol. The van der Waals surface area contributed by atoms with E-state index < -0.39 is 0 Å². The van der Waals surface area contributed by atoms with Gasteiger partial charge >= 0.3 is 0 Å². The van der Waals surface area contributed by atoms with Crippen molar-refractivity contribution < 1.29 is 8.83 Å². The lowest BCUT2D eigenvalue weighted by Crippen LogP contribution is -1.99. The third-order valence-electron chi connectivity index (χ3n) is 3.35. The number of hydrogen-bond donors (Lipinski definition) is 0. The smallest absolute Gasteiger partial charge is 0.283 e. The Morgan fingerprint density at radius 2 is 2.08 bits per heavy atom. The molecule has 4 heterocycles. The van der Waals surface area contributed by atoms with E-state index in [0.29, 0.717) is 28.0 Å². The summed E-state index contributed by atoms with van der Waals surface area (Å²) in [5.41, 5.74) is 0. The molecule has 4 rings (SSSR count). The first-order chi connectivity index (χ1) is 12.2. The van der Waals surface area contributed by atoms with Crippen molar-refractivity contribution in [2.45, 2.75) is 24.4 Å². The molecule has 0 atom stereocenters. The Balaban J connectivity index is 1.49. The summed E-state index contributed by atoms with van der Waals surface area (Å²) >= 11 is 6.42. The van der Waals surface area contributed by atoms with E-state index in [0.717, 1.165) is 22.4 Å². The summed E-state index contributed by atoms with van der Waals surface area (Å²) in [6, 6.07) is 7.61. The van der Waals surface area contributed by atoms with Gasteiger partial charge in [-0.25, -0.2) is 0 Å². The maximum atomic E-state index is 5.64. The number of nitrogens with zero attached hydrogens (tertiary/aromatic N) is 5. The Kier molecular flexibility index (Phi) is 4.73. The zero-order valence-electron chi connectivity index (χ0n) is 13.0. The lowest BCUT2D eigenvalue weighted by atomic mass is 10.4. The zero-order chi connectivity index (χ0) is 17.2. The summed E-state index contributed by atoms with van der Waals surface area (Å²) in [6.45, 7) is 2.86. The lowest BCUT2D eigenvalue weighted by molar-refractivity contribution is 0.486. The Labute approximate surface area is 159 Å². The van der Waals surface area contributed by atoms with Gasteiger partial charge in [0.1, 0.15) is 0 Å². The van der Waals surface area contributed by atoms with Gasteiger partial charge in [0, 0.05) is 6.54 Å². The SMILES string of the molecule is CCn1c(SCc2nnc(-c3ccc(Br)o3)o2)nnc1-c1cccs1. The van der Waals surface area contributed by atoms with Crippen molar-refractivity contribution in [2.24, 2.45) is 0 Å². The standard InChI is InChI=1S/C15H12BrN5O2S2/c1-2-21-13(10-4-3-7-24-10)18-20-15(21)25-8-12-17-19-14(23-12)9-5-6-11(16)22-9/h3-7H,2,8H2,1H3. The number of rotatable bonds is 6. The fraction of sp³-hybridized carbons (Fsp3) is 0.200. The first-order valence-electron chi connectivity index (χ1n) is 7.42. The van der Waals surface area contributed by atoms with Crippen LogP contribution in [0.1, 0.15) is 12.8 Å². The van der Waals surface area contributed by atoms with E-state index >= 15 is 0 Å². The van der Waals surface area contributed by atoms with Gasteiger partial charge in [0.2, 0.25) is 5.89 Å². The van der Waals surface area contributed by atoms with Crippen LogP contribution in [0.5, 0.6) is 0 Å². The predicted octanol–water partition coefficient (Wildman–Crippen LogP) is 4.72. The maximum absolute atomic E-state index is 5.64. The van der Waals surface area contributed by atoms with E-state index in [1.54, 1.807) is 23.5 Å². The molecule has 4 aromatic rings. The van der Waals surface area contributed by atoms with E-state index in [1.807, 2.05) is 17.5 Å². The molecule has 25 heavy (non-hydrogen) atoms. The largest absolute Gasteiger partial charge is 0.444 e. The van der Waals surface area contributed by atoms with Gasteiger partial charge in [-0.05, 0) is 46.4 Å². The Morgan fingerprint density at radius 3 is 2.80 bits per heavy atom. The van der Waals surface area contributed by atoms with Gasteiger partial charge in [0.25, 0.3) is 5.89 Å². The van der Waals surface area contributed by atoms with Gasteiger partial charge in [0.15, 0.2) is 21.4 Å². The Morgan fingerprint density at radius 1 is 1.16 bits per heavy atom. The fourth-order valence-electron chi connectivity index (χ4n) is 2.24. The quantitative estimate of drug-likeness (QED) is 0.403. The van der Waals surface area contributed by atoms with Crippen molar-refractivity contribution in [3.8, 4) is 22.4 Å². The van der Waals surface area contributed by atoms with Crippen LogP contribution in [0.4, 0.5) is 0 Å². The highest BCUT2D eigenvalue weighted by molar-refractivity contribution is 9.10. The van der Waals surface area contributed by atoms with Gasteiger partial charge in [-0.15, -0.1) is 31.7 Å². The van der Waals surface area contributed by atoms with E-state index in [-0.39, 0.29) is 0 Å². The average molecular weight is 438 g/mol. The number of aromatic nitrogens is 5. The summed E-state index contributed by atoms with van der Waals surface area (Å²) in [7, 11) is 0. The maximum Gasteiger partial charge on any atom is 0.283 e. The number of hydrogen-bond acceptors (Lipinski definition) is 8. The molecule has 0 aliphatic rings. The minimum Gasteiger partial charge on any atom is -0.444 e. The van der Waals surface area contributed by atoms with Crippen LogP contribution in [0.2, 0.25) is 0 Å². The molecule has 10 heteroatoms.